The maximum absolute atomic E-state index is 8.93. The van der Waals surface area contributed by atoms with Crippen LogP contribution in [0.25, 0.3) is 10.8 Å². The standard InChI is InChI=1S/C13H14O3/c1-9(13(14)15)16-12-7-6-10-4-2-3-5-11(10)8-12/h2-9,13-15H,1H3/t9-/m0/s1. The zero-order valence-corrected chi connectivity index (χ0v) is 9.00. The van der Waals surface area contributed by atoms with Crippen molar-refractivity contribution >= 4 is 10.8 Å². The van der Waals surface area contributed by atoms with Crippen LogP contribution in [0.4, 0.5) is 0 Å². The van der Waals surface area contributed by atoms with E-state index in [4.69, 9.17) is 14.9 Å². The number of hydrogen-bond acceptors (Lipinski definition) is 3. The summed E-state index contributed by atoms with van der Waals surface area (Å²) < 4.78 is 5.38. The molecule has 84 valence electrons. The minimum atomic E-state index is -1.47. The van der Waals surface area contributed by atoms with Gasteiger partial charge < -0.3 is 14.9 Å². The minimum Gasteiger partial charge on any atom is -0.485 e. The highest BCUT2D eigenvalue weighted by Gasteiger charge is 2.11. The van der Waals surface area contributed by atoms with Crippen LogP contribution >= 0.6 is 0 Å². The molecule has 0 radical (unpaired) electrons. The van der Waals surface area contributed by atoms with Crippen LogP contribution in [0.1, 0.15) is 6.92 Å². The molecule has 2 N–H and O–H groups in total. The lowest BCUT2D eigenvalue weighted by Crippen LogP contribution is -2.27. The van der Waals surface area contributed by atoms with E-state index >= 15 is 0 Å². The summed E-state index contributed by atoms with van der Waals surface area (Å²) in [6.45, 7) is 1.61. The molecular formula is C13H14O3. The van der Waals surface area contributed by atoms with Crippen LogP contribution in [0.3, 0.4) is 0 Å². The molecule has 3 nitrogen and oxygen atoms in total. The molecule has 0 amide bonds. The van der Waals surface area contributed by atoms with Crippen LogP contribution in [0.5, 0.6) is 5.75 Å². The Bertz CT molecular complexity index is 479. The highest BCUT2D eigenvalue weighted by Crippen LogP contribution is 2.21. The van der Waals surface area contributed by atoms with Crippen molar-refractivity contribution in [1.82, 2.24) is 0 Å². The first-order valence-corrected chi connectivity index (χ1v) is 5.18. The van der Waals surface area contributed by atoms with Crippen molar-refractivity contribution in [3.05, 3.63) is 42.5 Å². The van der Waals surface area contributed by atoms with Crippen LogP contribution in [0, 0.1) is 0 Å². The topological polar surface area (TPSA) is 49.7 Å². The number of ether oxygens (including phenoxy) is 1. The van der Waals surface area contributed by atoms with E-state index in [1.54, 1.807) is 6.92 Å². The molecule has 0 aliphatic rings. The third-order valence-corrected chi connectivity index (χ3v) is 2.46. The first kappa shape index (κ1) is 10.9. The molecule has 0 saturated heterocycles. The Labute approximate surface area is 93.9 Å². The van der Waals surface area contributed by atoms with Crippen molar-refractivity contribution in [3.63, 3.8) is 0 Å². The van der Waals surface area contributed by atoms with Crippen LogP contribution in [0.15, 0.2) is 42.5 Å². The number of fused-ring (bicyclic) bond motifs is 1. The molecular weight excluding hydrogens is 204 g/mol. The van der Waals surface area contributed by atoms with Gasteiger partial charge in [0.15, 0.2) is 6.29 Å². The fraction of sp³-hybridized carbons (Fsp3) is 0.231. The first-order valence-electron chi connectivity index (χ1n) is 5.18. The molecule has 0 fully saturated rings. The van der Waals surface area contributed by atoms with Gasteiger partial charge in [0.2, 0.25) is 0 Å². The van der Waals surface area contributed by atoms with Crippen molar-refractivity contribution in [2.75, 3.05) is 0 Å². The summed E-state index contributed by atoms with van der Waals surface area (Å²) in [5.74, 6) is 0.638. The van der Waals surface area contributed by atoms with Gasteiger partial charge >= 0.3 is 0 Å². The largest absolute Gasteiger partial charge is 0.485 e. The molecule has 1 atom stereocenters. The summed E-state index contributed by atoms with van der Waals surface area (Å²) in [5, 5.41) is 20.1. The van der Waals surface area contributed by atoms with Gasteiger partial charge in [-0.2, -0.15) is 0 Å². The molecule has 2 aromatic carbocycles. The normalized spacial score (nSPS) is 13.0. The van der Waals surface area contributed by atoms with Crippen LogP contribution in [0.2, 0.25) is 0 Å². The Kier molecular flexibility index (Phi) is 3.08. The monoisotopic (exact) mass is 218 g/mol. The molecule has 0 aromatic heterocycles. The zero-order valence-electron chi connectivity index (χ0n) is 9.00. The quantitative estimate of drug-likeness (QED) is 0.774. The lowest BCUT2D eigenvalue weighted by molar-refractivity contribution is -0.105. The molecule has 0 saturated carbocycles. The van der Waals surface area contributed by atoms with Crippen LogP contribution in [-0.4, -0.2) is 22.6 Å². The van der Waals surface area contributed by atoms with Crippen LogP contribution < -0.4 is 4.74 Å². The molecule has 0 spiro atoms. The van der Waals surface area contributed by atoms with Gasteiger partial charge in [-0.1, -0.05) is 30.3 Å². The van der Waals surface area contributed by atoms with E-state index in [1.165, 1.54) is 0 Å². The van der Waals surface area contributed by atoms with Crippen molar-refractivity contribution in [2.24, 2.45) is 0 Å². The Hall–Kier alpha value is -1.58. The van der Waals surface area contributed by atoms with E-state index in [1.807, 2.05) is 42.5 Å². The third-order valence-electron chi connectivity index (χ3n) is 2.46. The van der Waals surface area contributed by atoms with Crippen molar-refractivity contribution < 1.29 is 14.9 Å². The van der Waals surface area contributed by atoms with Gasteiger partial charge in [-0.15, -0.1) is 0 Å². The Morgan fingerprint density at radius 3 is 2.38 bits per heavy atom. The van der Waals surface area contributed by atoms with E-state index in [-0.39, 0.29) is 0 Å². The summed E-state index contributed by atoms with van der Waals surface area (Å²) in [5.41, 5.74) is 0. The highest BCUT2D eigenvalue weighted by molar-refractivity contribution is 5.83. The maximum atomic E-state index is 8.93. The number of rotatable bonds is 3. The second-order valence-corrected chi connectivity index (χ2v) is 3.75. The summed E-state index contributed by atoms with van der Waals surface area (Å²) >= 11 is 0. The average Bonchev–Trinajstić information content (AvgIpc) is 2.28. The lowest BCUT2D eigenvalue weighted by atomic mass is 10.1. The average molecular weight is 218 g/mol. The van der Waals surface area contributed by atoms with Gasteiger partial charge in [0, 0.05) is 0 Å². The highest BCUT2D eigenvalue weighted by atomic mass is 16.6. The lowest BCUT2D eigenvalue weighted by Gasteiger charge is -2.16. The number of benzene rings is 2. The van der Waals surface area contributed by atoms with E-state index in [9.17, 15) is 0 Å². The smallest absolute Gasteiger partial charge is 0.189 e. The molecule has 16 heavy (non-hydrogen) atoms. The van der Waals surface area contributed by atoms with Gasteiger partial charge in [0.05, 0.1) is 0 Å². The van der Waals surface area contributed by atoms with E-state index in [0.29, 0.717) is 5.75 Å². The third kappa shape index (κ3) is 2.32. The number of aliphatic hydroxyl groups is 2. The SMILES string of the molecule is C[C@H](Oc1ccc2ccccc2c1)C(O)O. The molecule has 2 aromatic rings. The molecule has 0 bridgehead atoms. The second kappa shape index (κ2) is 4.51. The van der Waals surface area contributed by atoms with Crippen molar-refractivity contribution in [2.45, 2.75) is 19.3 Å². The fourth-order valence-corrected chi connectivity index (χ4v) is 1.52. The predicted molar refractivity (Wildman–Crippen MR) is 62.3 cm³/mol. The Morgan fingerprint density at radius 2 is 1.69 bits per heavy atom. The van der Waals surface area contributed by atoms with Crippen molar-refractivity contribution in [1.29, 1.82) is 0 Å². The van der Waals surface area contributed by atoms with E-state index in [2.05, 4.69) is 0 Å². The summed E-state index contributed by atoms with van der Waals surface area (Å²) in [6.07, 6.45) is -2.10. The van der Waals surface area contributed by atoms with Gasteiger partial charge in [-0.25, -0.2) is 0 Å². The fourth-order valence-electron chi connectivity index (χ4n) is 1.52. The summed E-state index contributed by atoms with van der Waals surface area (Å²) in [7, 11) is 0. The molecule has 0 aliphatic heterocycles. The van der Waals surface area contributed by atoms with E-state index in [0.717, 1.165) is 10.8 Å². The Morgan fingerprint density at radius 1 is 1.00 bits per heavy atom. The number of aliphatic hydroxyl groups excluding tert-OH is 1. The molecule has 3 heteroatoms. The zero-order chi connectivity index (χ0) is 11.5. The predicted octanol–water partition coefficient (Wildman–Crippen LogP) is 1.92. The number of hydrogen-bond donors (Lipinski definition) is 2. The second-order valence-electron chi connectivity index (χ2n) is 3.75. The Balaban J connectivity index is 2.26. The van der Waals surface area contributed by atoms with Gasteiger partial charge in [-0.3, -0.25) is 0 Å². The molecule has 0 heterocycles. The maximum Gasteiger partial charge on any atom is 0.189 e. The minimum absolute atomic E-state index is 0.638. The van der Waals surface area contributed by atoms with Gasteiger partial charge in [0.1, 0.15) is 11.9 Å². The summed E-state index contributed by atoms with van der Waals surface area (Å²) in [6, 6.07) is 13.6. The molecule has 2 rings (SSSR count). The first-order chi connectivity index (χ1) is 7.66. The van der Waals surface area contributed by atoms with E-state index < -0.39 is 12.4 Å². The summed E-state index contributed by atoms with van der Waals surface area (Å²) in [4.78, 5) is 0. The molecule has 0 aliphatic carbocycles. The van der Waals surface area contributed by atoms with Gasteiger partial charge in [0.25, 0.3) is 0 Å². The van der Waals surface area contributed by atoms with Crippen molar-refractivity contribution in [3.8, 4) is 5.75 Å². The van der Waals surface area contributed by atoms with Gasteiger partial charge in [-0.05, 0) is 29.8 Å². The molecule has 0 unspecified atom stereocenters. The van der Waals surface area contributed by atoms with Crippen LogP contribution in [-0.2, 0) is 0 Å².